The number of carbonyl (C=O) groups excluding carboxylic acids is 1. The number of benzene rings is 1. The number of piperidine rings is 1. The number of fused-ring (bicyclic) bond motifs is 2. The molecule has 1 aliphatic carbocycles. The molecule has 1 aromatic carbocycles. The van der Waals surface area contributed by atoms with Crippen molar-refractivity contribution in [3.8, 4) is 0 Å². The number of nitrogens with zero attached hydrogens (tertiary/aromatic N) is 1. The number of likely N-dealkylation sites (tertiary alicyclic amines) is 1. The Bertz CT molecular complexity index is 615. The standard InChI is InChI=1S/C22H34N2O.H2/c1-17(25)23-20-9-10-22(19-8-6-5-7-18(19)20)12-15-24(16-13-22)14-11-21(2,3)4;/h5-8,20H,9-16H2,1-4H3,(H,23,25);1H/t20-;/m1./s1. The summed E-state index contributed by atoms with van der Waals surface area (Å²) < 4.78 is 0. The average molecular weight is 345 g/mol. The van der Waals surface area contributed by atoms with Gasteiger partial charge in [-0.3, -0.25) is 4.79 Å². The molecule has 1 amide bonds. The summed E-state index contributed by atoms with van der Waals surface area (Å²) in [5.41, 5.74) is 3.59. The van der Waals surface area contributed by atoms with Crippen molar-refractivity contribution in [3.05, 3.63) is 35.4 Å². The second kappa shape index (κ2) is 7.11. The van der Waals surface area contributed by atoms with Crippen molar-refractivity contribution in [3.63, 3.8) is 0 Å². The van der Waals surface area contributed by atoms with Crippen LogP contribution in [0.3, 0.4) is 0 Å². The highest BCUT2D eigenvalue weighted by Gasteiger charge is 2.41. The van der Waals surface area contributed by atoms with Gasteiger partial charge in [-0.1, -0.05) is 45.0 Å². The fraction of sp³-hybridized carbons (Fsp3) is 0.682. The molecule has 1 fully saturated rings. The zero-order valence-corrected chi connectivity index (χ0v) is 16.4. The van der Waals surface area contributed by atoms with E-state index in [1.54, 1.807) is 6.92 Å². The second-order valence-corrected chi connectivity index (χ2v) is 9.31. The van der Waals surface area contributed by atoms with Gasteiger partial charge < -0.3 is 10.2 Å². The first-order valence-electron chi connectivity index (χ1n) is 9.88. The largest absolute Gasteiger partial charge is 0.350 e. The molecule has 1 atom stereocenters. The molecule has 3 rings (SSSR count). The molecule has 0 saturated carbocycles. The van der Waals surface area contributed by atoms with Crippen molar-refractivity contribution < 1.29 is 6.22 Å². The van der Waals surface area contributed by atoms with E-state index < -0.39 is 0 Å². The summed E-state index contributed by atoms with van der Waals surface area (Å²) in [5, 5.41) is 3.16. The van der Waals surface area contributed by atoms with E-state index in [9.17, 15) is 4.79 Å². The van der Waals surface area contributed by atoms with Crippen LogP contribution in [0.2, 0.25) is 0 Å². The first kappa shape index (κ1) is 18.4. The first-order chi connectivity index (χ1) is 11.8. The Kier molecular flexibility index (Phi) is 5.24. The number of rotatable bonds is 3. The number of hydrogen-bond acceptors (Lipinski definition) is 2. The van der Waals surface area contributed by atoms with E-state index in [-0.39, 0.29) is 13.4 Å². The third-order valence-corrected chi connectivity index (χ3v) is 6.19. The Morgan fingerprint density at radius 1 is 1.24 bits per heavy atom. The molecule has 1 aromatic rings. The normalized spacial score (nSPS) is 23.3. The Labute approximate surface area is 154 Å². The maximum absolute atomic E-state index is 11.6. The van der Waals surface area contributed by atoms with Crippen molar-refractivity contribution in [1.82, 2.24) is 10.2 Å². The van der Waals surface area contributed by atoms with E-state index >= 15 is 0 Å². The predicted molar refractivity (Wildman–Crippen MR) is 106 cm³/mol. The molecule has 1 spiro atoms. The van der Waals surface area contributed by atoms with Gasteiger partial charge in [0.2, 0.25) is 5.91 Å². The van der Waals surface area contributed by atoms with E-state index in [0.717, 1.165) is 6.42 Å². The predicted octanol–water partition coefficient (Wildman–Crippen LogP) is 4.67. The minimum atomic E-state index is 0. The number of amides is 1. The fourth-order valence-electron chi connectivity index (χ4n) is 4.61. The van der Waals surface area contributed by atoms with Crippen molar-refractivity contribution in [2.45, 2.75) is 71.3 Å². The zero-order valence-electron chi connectivity index (χ0n) is 16.4. The third kappa shape index (κ3) is 4.25. The van der Waals surface area contributed by atoms with Crippen molar-refractivity contribution >= 4 is 5.91 Å². The van der Waals surface area contributed by atoms with Gasteiger partial charge in [0, 0.05) is 8.35 Å². The SMILES string of the molecule is CC(=O)N[C@@H]1CCC2(CCN(CCC(C)(C)C)CC2)c2ccccc21.[HH]. The van der Waals surface area contributed by atoms with Gasteiger partial charge in [0.1, 0.15) is 0 Å². The van der Waals surface area contributed by atoms with Gasteiger partial charge in [-0.05, 0) is 73.7 Å². The van der Waals surface area contributed by atoms with E-state index in [1.165, 1.54) is 56.4 Å². The van der Waals surface area contributed by atoms with Crippen LogP contribution in [0, 0.1) is 5.41 Å². The van der Waals surface area contributed by atoms with Gasteiger partial charge in [-0.2, -0.15) is 0 Å². The minimum absolute atomic E-state index is 0. The average Bonchev–Trinajstić information content (AvgIpc) is 2.56. The Morgan fingerprint density at radius 3 is 2.56 bits per heavy atom. The fourth-order valence-corrected chi connectivity index (χ4v) is 4.61. The van der Waals surface area contributed by atoms with Crippen LogP contribution in [0.15, 0.2) is 24.3 Å². The molecule has 3 nitrogen and oxygen atoms in total. The summed E-state index contributed by atoms with van der Waals surface area (Å²) in [4.78, 5) is 14.2. The third-order valence-electron chi connectivity index (χ3n) is 6.19. The quantitative estimate of drug-likeness (QED) is 0.864. The minimum Gasteiger partial charge on any atom is -0.350 e. The van der Waals surface area contributed by atoms with Crippen LogP contribution in [0.25, 0.3) is 0 Å². The molecule has 1 heterocycles. The van der Waals surface area contributed by atoms with Crippen molar-refractivity contribution in [2.75, 3.05) is 19.6 Å². The zero-order chi connectivity index (χ0) is 18.1. The lowest BCUT2D eigenvalue weighted by molar-refractivity contribution is -0.119. The van der Waals surface area contributed by atoms with Gasteiger partial charge in [0.05, 0.1) is 6.04 Å². The van der Waals surface area contributed by atoms with Gasteiger partial charge in [0.15, 0.2) is 0 Å². The van der Waals surface area contributed by atoms with Crippen LogP contribution in [0.4, 0.5) is 0 Å². The summed E-state index contributed by atoms with van der Waals surface area (Å²) in [6.45, 7) is 12.2. The smallest absolute Gasteiger partial charge is 0.217 e. The number of carbonyl (C=O) groups is 1. The van der Waals surface area contributed by atoms with Crippen LogP contribution < -0.4 is 5.32 Å². The highest BCUT2D eigenvalue weighted by molar-refractivity contribution is 5.73. The van der Waals surface area contributed by atoms with E-state index in [0.29, 0.717) is 10.8 Å². The maximum atomic E-state index is 11.6. The molecular weight excluding hydrogens is 308 g/mol. The summed E-state index contributed by atoms with van der Waals surface area (Å²) in [5.74, 6) is 0.0766. The Morgan fingerprint density at radius 2 is 1.92 bits per heavy atom. The lowest BCUT2D eigenvalue weighted by atomic mass is 9.63. The lowest BCUT2D eigenvalue weighted by Gasteiger charge is -2.47. The molecule has 1 N–H and O–H groups in total. The van der Waals surface area contributed by atoms with Crippen LogP contribution in [0.5, 0.6) is 0 Å². The maximum Gasteiger partial charge on any atom is 0.217 e. The summed E-state index contributed by atoms with van der Waals surface area (Å²) in [6, 6.07) is 9.02. The van der Waals surface area contributed by atoms with Crippen LogP contribution >= 0.6 is 0 Å². The molecule has 2 aliphatic rings. The molecule has 0 bridgehead atoms. The molecule has 0 radical (unpaired) electrons. The summed E-state index contributed by atoms with van der Waals surface area (Å²) in [7, 11) is 0. The number of hydrogen-bond donors (Lipinski definition) is 1. The first-order valence-corrected chi connectivity index (χ1v) is 9.88. The molecule has 140 valence electrons. The van der Waals surface area contributed by atoms with Gasteiger partial charge in [0.25, 0.3) is 0 Å². The van der Waals surface area contributed by atoms with E-state index in [2.05, 4.69) is 55.3 Å². The molecule has 0 unspecified atom stereocenters. The molecule has 3 heteroatoms. The van der Waals surface area contributed by atoms with Gasteiger partial charge in [-0.25, -0.2) is 0 Å². The highest BCUT2D eigenvalue weighted by Crippen LogP contribution is 2.47. The highest BCUT2D eigenvalue weighted by atomic mass is 16.1. The summed E-state index contributed by atoms with van der Waals surface area (Å²) >= 11 is 0. The van der Waals surface area contributed by atoms with Crippen molar-refractivity contribution in [1.29, 1.82) is 0 Å². The molecule has 1 saturated heterocycles. The van der Waals surface area contributed by atoms with Gasteiger partial charge in [-0.15, -0.1) is 0 Å². The lowest BCUT2D eigenvalue weighted by Crippen LogP contribution is -2.46. The number of nitrogens with one attached hydrogen (secondary N) is 1. The molecule has 25 heavy (non-hydrogen) atoms. The molecule has 0 aromatic heterocycles. The Hall–Kier alpha value is -1.35. The molecular formula is C22H36N2O. The molecule has 1 aliphatic heterocycles. The van der Waals surface area contributed by atoms with Crippen molar-refractivity contribution in [2.24, 2.45) is 5.41 Å². The summed E-state index contributed by atoms with van der Waals surface area (Å²) in [6.07, 6.45) is 6.03. The Balaban J connectivity index is 0.00000243. The van der Waals surface area contributed by atoms with Crippen LogP contribution in [-0.2, 0) is 10.2 Å². The second-order valence-electron chi connectivity index (χ2n) is 9.31. The van der Waals surface area contributed by atoms with Gasteiger partial charge >= 0.3 is 0 Å². The van der Waals surface area contributed by atoms with Crippen LogP contribution in [-0.4, -0.2) is 30.4 Å². The topological polar surface area (TPSA) is 32.3 Å². The van der Waals surface area contributed by atoms with E-state index in [1.807, 2.05) is 0 Å². The monoisotopic (exact) mass is 344 g/mol. The van der Waals surface area contributed by atoms with Crippen LogP contribution in [0.1, 0.15) is 78.4 Å². The van der Waals surface area contributed by atoms with E-state index in [4.69, 9.17) is 0 Å².